The molecule has 1 saturated carbocycles. The molecular formula is C15H24N2O3S. The lowest BCUT2D eigenvalue weighted by Gasteiger charge is -2.09. The molecule has 0 atom stereocenters. The van der Waals surface area contributed by atoms with E-state index in [0.717, 1.165) is 12.1 Å². The van der Waals surface area contributed by atoms with E-state index in [2.05, 4.69) is 10.0 Å². The van der Waals surface area contributed by atoms with E-state index in [1.54, 1.807) is 18.2 Å². The Labute approximate surface area is 127 Å². The predicted molar refractivity (Wildman–Crippen MR) is 82.6 cm³/mol. The first kappa shape index (κ1) is 16.4. The molecule has 0 radical (unpaired) electrons. The molecule has 1 aromatic carbocycles. The summed E-state index contributed by atoms with van der Waals surface area (Å²) < 4.78 is 32.2. The SMILES string of the molecule is CCOCCCNS(=O)(=O)c1cccc(CNC2CC2)c1. The molecule has 0 heterocycles. The number of rotatable bonds is 10. The van der Waals surface area contributed by atoms with Gasteiger partial charge in [0.1, 0.15) is 0 Å². The maximum absolute atomic E-state index is 12.2. The summed E-state index contributed by atoms with van der Waals surface area (Å²) in [4.78, 5) is 0.328. The average Bonchev–Trinajstić information content (AvgIpc) is 3.29. The number of benzene rings is 1. The average molecular weight is 312 g/mol. The predicted octanol–water partition coefficient (Wildman–Crippen LogP) is 1.64. The lowest BCUT2D eigenvalue weighted by atomic mass is 10.2. The summed E-state index contributed by atoms with van der Waals surface area (Å²) in [5.74, 6) is 0. The Hall–Kier alpha value is -0.950. The van der Waals surface area contributed by atoms with Gasteiger partial charge in [0.05, 0.1) is 4.90 Å². The fraction of sp³-hybridized carbons (Fsp3) is 0.600. The maximum atomic E-state index is 12.2. The molecule has 1 aromatic rings. The van der Waals surface area contributed by atoms with Crippen molar-refractivity contribution in [3.8, 4) is 0 Å². The Balaban J connectivity index is 1.87. The van der Waals surface area contributed by atoms with E-state index in [4.69, 9.17) is 4.74 Å². The molecule has 0 saturated heterocycles. The Morgan fingerprint density at radius 1 is 1.33 bits per heavy atom. The third kappa shape index (κ3) is 5.74. The standard InChI is InChI=1S/C15H24N2O3S/c1-2-20-10-4-9-17-21(18,19)15-6-3-5-13(11-15)12-16-14-7-8-14/h3,5-6,11,14,16-17H,2,4,7-10,12H2,1H3. The minimum Gasteiger partial charge on any atom is -0.382 e. The highest BCUT2D eigenvalue weighted by molar-refractivity contribution is 7.89. The summed E-state index contributed by atoms with van der Waals surface area (Å²) >= 11 is 0. The van der Waals surface area contributed by atoms with Crippen LogP contribution in [0.4, 0.5) is 0 Å². The van der Waals surface area contributed by atoms with Gasteiger partial charge in [0.2, 0.25) is 10.0 Å². The van der Waals surface area contributed by atoms with Crippen molar-refractivity contribution in [2.24, 2.45) is 0 Å². The summed E-state index contributed by atoms with van der Waals surface area (Å²) in [6.07, 6.45) is 3.12. The molecule has 0 spiro atoms. The van der Waals surface area contributed by atoms with Crippen molar-refractivity contribution >= 4 is 10.0 Å². The monoisotopic (exact) mass is 312 g/mol. The number of ether oxygens (including phenoxy) is 1. The minimum atomic E-state index is -3.43. The lowest BCUT2D eigenvalue weighted by Crippen LogP contribution is -2.26. The van der Waals surface area contributed by atoms with Crippen LogP contribution in [0.15, 0.2) is 29.2 Å². The molecule has 21 heavy (non-hydrogen) atoms. The number of hydrogen-bond donors (Lipinski definition) is 2. The van der Waals surface area contributed by atoms with E-state index < -0.39 is 10.0 Å². The van der Waals surface area contributed by atoms with E-state index in [-0.39, 0.29) is 0 Å². The molecule has 0 aromatic heterocycles. The van der Waals surface area contributed by atoms with Crippen LogP contribution in [0, 0.1) is 0 Å². The zero-order valence-corrected chi connectivity index (χ0v) is 13.3. The van der Waals surface area contributed by atoms with Crippen molar-refractivity contribution in [2.75, 3.05) is 19.8 Å². The fourth-order valence-corrected chi connectivity index (χ4v) is 3.12. The summed E-state index contributed by atoms with van der Waals surface area (Å²) in [6, 6.07) is 7.72. The highest BCUT2D eigenvalue weighted by Crippen LogP contribution is 2.19. The zero-order chi connectivity index (χ0) is 15.1. The summed E-state index contributed by atoms with van der Waals surface area (Å²) in [7, 11) is -3.43. The van der Waals surface area contributed by atoms with Gasteiger partial charge in [0.15, 0.2) is 0 Å². The van der Waals surface area contributed by atoms with Crippen LogP contribution in [-0.4, -0.2) is 34.2 Å². The smallest absolute Gasteiger partial charge is 0.240 e. The van der Waals surface area contributed by atoms with Crippen molar-refractivity contribution in [3.63, 3.8) is 0 Å². The van der Waals surface area contributed by atoms with Crippen molar-refractivity contribution in [1.29, 1.82) is 0 Å². The van der Waals surface area contributed by atoms with Gasteiger partial charge in [0, 0.05) is 32.3 Å². The summed E-state index contributed by atoms with van der Waals surface area (Å²) in [5.41, 5.74) is 0.999. The van der Waals surface area contributed by atoms with Crippen LogP contribution in [0.25, 0.3) is 0 Å². The fourth-order valence-electron chi connectivity index (χ4n) is 1.98. The minimum absolute atomic E-state index is 0.328. The first-order valence-corrected chi connectivity index (χ1v) is 9.00. The van der Waals surface area contributed by atoms with Gasteiger partial charge in [0.25, 0.3) is 0 Å². The molecule has 2 N–H and O–H groups in total. The Bertz CT molecular complexity index is 542. The van der Waals surface area contributed by atoms with E-state index in [1.165, 1.54) is 12.8 Å². The second-order valence-corrected chi connectivity index (χ2v) is 7.02. The molecule has 6 heteroatoms. The van der Waals surface area contributed by atoms with Crippen LogP contribution in [0.3, 0.4) is 0 Å². The quantitative estimate of drug-likeness (QED) is 0.645. The van der Waals surface area contributed by atoms with Crippen LogP contribution in [0.2, 0.25) is 0 Å². The molecule has 1 aliphatic rings. The Kier molecular flexibility index (Phi) is 6.17. The molecular weight excluding hydrogens is 288 g/mol. The van der Waals surface area contributed by atoms with Gasteiger partial charge in [-0.2, -0.15) is 0 Å². The molecule has 0 amide bonds. The van der Waals surface area contributed by atoms with E-state index in [1.807, 2.05) is 13.0 Å². The van der Waals surface area contributed by atoms with Crippen LogP contribution >= 0.6 is 0 Å². The highest BCUT2D eigenvalue weighted by atomic mass is 32.2. The number of sulfonamides is 1. The molecule has 5 nitrogen and oxygen atoms in total. The Morgan fingerprint density at radius 2 is 2.14 bits per heavy atom. The molecule has 0 bridgehead atoms. The van der Waals surface area contributed by atoms with Crippen molar-refractivity contribution < 1.29 is 13.2 Å². The van der Waals surface area contributed by atoms with Gasteiger partial charge >= 0.3 is 0 Å². The van der Waals surface area contributed by atoms with Crippen molar-refractivity contribution in [2.45, 2.75) is 43.7 Å². The molecule has 0 unspecified atom stereocenters. The number of nitrogens with one attached hydrogen (secondary N) is 2. The van der Waals surface area contributed by atoms with Gasteiger partial charge < -0.3 is 10.1 Å². The molecule has 1 fully saturated rings. The van der Waals surface area contributed by atoms with E-state index >= 15 is 0 Å². The van der Waals surface area contributed by atoms with E-state index in [9.17, 15) is 8.42 Å². The van der Waals surface area contributed by atoms with Crippen LogP contribution < -0.4 is 10.0 Å². The third-order valence-electron chi connectivity index (χ3n) is 3.34. The third-order valence-corrected chi connectivity index (χ3v) is 4.80. The van der Waals surface area contributed by atoms with Gasteiger partial charge in [-0.25, -0.2) is 13.1 Å². The summed E-state index contributed by atoms with van der Waals surface area (Å²) in [5, 5.41) is 3.39. The molecule has 0 aliphatic heterocycles. The van der Waals surface area contributed by atoms with Crippen molar-refractivity contribution in [1.82, 2.24) is 10.0 Å². The van der Waals surface area contributed by atoms with Gasteiger partial charge in [-0.05, 0) is 43.9 Å². The van der Waals surface area contributed by atoms with Crippen LogP contribution in [0.1, 0.15) is 31.7 Å². The van der Waals surface area contributed by atoms with Gasteiger partial charge in [-0.3, -0.25) is 0 Å². The van der Waals surface area contributed by atoms with E-state index in [0.29, 0.717) is 37.1 Å². The first-order chi connectivity index (χ1) is 10.1. The van der Waals surface area contributed by atoms with Gasteiger partial charge in [-0.15, -0.1) is 0 Å². The maximum Gasteiger partial charge on any atom is 0.240 e. The van der Waals surface area contributed by atoms with Gasteiger partial charge in [-0.1, -0.05) is 12.1 Å². The normalized spacial score (nSPS) is 15.3. The highest BCUT2D eigenvalue weighted by Gasteiger charge is 2.20. The Morgan fingerprint density at radius 3 is 2.86 bits per heavy atom. The lowest BCUT2D eigenvalue weighted by molar-refractivity contribution is 0.146. The number of hydrogen-bond acceptors (Lipinski definition) is 4. The van der Waals surface area contributed by atoms with Crippen molar-refractivity contribution in [3.05, 3.63) is 29.8 Å². The molecule has 118 valence electrons. The molecule has 2 rings (SSSR count). The van der Waals surface area contributed by atoms with Crippen LogP contribution in [0.5, 0.6) is 0 Å². The largest absolute Gasteiger partial charge is 0.382 e. The molecule has 1 aliphatic carbocycles. The van der Waals surface area contributed by atoms with Crippen LogP contribution in [-0.2, 0) is 21.3 Å². The zero-order valence-electron chi connectivity index (χ0n) is 12.5. The summed E-state index contributed by atoms with van der Waals surface area (Å²) in [6.45, 7) is 4.27. The second-order valence-electron chi connectivity index (χ2n) is 5.25. The first-order valence-electron chi connectivity index (χ1n) is 7.51. The second kappa shape index (κ2) is 7.89. The topological polar surface area (TPSA) is 67.4 Å².